The molecule has 0 spiro atoms. The maximum absolute atomic E-state index is 11.9. The minimum atomic E-state index is -3.38. The number of amides is 1. The molecule has 1 aliphatic carbocycles. The predicted octanol–water partition coefficient (Wildman–Crippen LogP) is -0.291. The molecule has 7 nitrogen and oxygen atoms in total. The lowest BCUT2D eigenvalue weighted by Crippen LogP contribution is -2.41. The van der Waals surface area contributed by atoms with E-state index in [1.807, 2.05) is 0 Å². The van der Waals surface area contributed by atoms with E-state index in [-0.39, 0.29) is 12.3 Å². The van der Waals surface area contributed by atoms with Crippen molar-refractivity contribution in [3.05, 3.63) is 12.2 Å². The van der Waals surface area contributed by atoms with Crippen LogP contribution in [-0.2, 0) is 19.6 Å². The van der Waals surface area contributed by atoms with E-state index in [1.165, 1.54) is 0 Å². The molecular weight excluding hydrogens is 284 g/mol. The molecule has 1 amide bonds. The molecule has 0 aromatic carbocycles. The summed E-state index contributed by atoms with van der Waals surface area (Å²) < 4.78 is 25.1. The van der Waals surface area contributed by atoms with Gasteiger partial charge in [0.1, 0.15) is 0 Å². The van der Waals surface area contributed by atoms with Gasteiger partial charge in [-0.3, -0.25) is 9.59 Å². The Morgan fingerprint density at radius 1 is 1.25 bits per heavy atom. The molecule has 0 aromatic heterocycles. The number of carboxylic acids is 1. The fraction of sp³-hybridized carbons (Fsp3) is 0.667. The minimum absolute atomic E-state index is 0.0271. The molecule has 3 N–H and O–H groups in total. The largest absolute Gasteiger partial charge is 0.481 e. The average Bonchev–Trinajstić information content (AvgIpc) is 2.38. The Labute approximate surface area is 118 Å². The summed E-state index contributed by atoms with van der Waals surface area (Å²) in [6.07, 6.45) is 4.21. The Hall–Kier alpha value is -1.41. The molecular formula is C12H20N2O5S. The Morgan fingerprint density at radius 2 is 1.85 bits per heavy atom. The first kappa shape index (κ1) is 16.6. The number of hydrogen-bond donors (Lipinski definition) is 3. The van der Waals surface area contributed by atoms with Gasteiger partial charge >= 0.3 is 5.97 Å². The number of carbonyl (C=O) groups excluding carboxylic acids is 1. The molecule has 0 saturated carbocycles. The standard InChI is InChI=1S/C12H20N2O5S/c1-2-14-20(18,19)8-7-13-11(15)9-5-3-4-6-10(9)12(16)17/h3-4,9-10,14H,2,5-8H2,1H3,(H,13,15)(H,16,17)/t9-,10+/m1/s1. The molecule has 1 rings (SSSR count). The monoisotopic (exact) mass is 304 g/mol. The van der Waals surface area contributed by atoms with Crippen LogP contribution in [0.2, 0.25) is 0 Å². The second kappa shape index (κ2) is 7.39. The van der Waals surface area contributed by atoms with Gasteiger partial charge in [-0.2, -0.15) is 0 Å². The van der Waals surface area contributed by atoms with Crippen LogP contribution < -0.4 is 10.0 Å². The van der Waals surface area contributed by atoms with Crippen molar-refractivity contribution < 1.29 is 23.1 Å². The molecule has 1 aliphatic rings. The summed E-state index contributed by atoms with van der Waals surface area (Å²) in [6, 6.07) is 0. The molecule has 0 heterocycles. The van der Waals surface area contributed by atoms with Crippen molar-refractivity contribution >= 4 is 21.9 Å². The van der Waals surface area contributed by atoms with Crippen LogP contribution >= 0.6 is 0 Å². The zero-order chi connectivity index (χ0) is 15.2. The highest BCUT2D eigenvalue weighted by Crippen LogP contribution is 2.25. The molecule has 2 atom stereocenters. The van der Waals surface area contributed by atoms with Gasteiger partial charge in [0.05, 0.1) is 17.6 Å². The average molecular weight is 304 g/mol. The molecule has 0 radical (unpaired) electrons. The molecule has 0 aromatic rings. The van der Waals surface area contributed by atoms with Crippen molar-refractivity contribution in [1.29, 1.82) is 0 Å². The maximum Gasteiger partial charge on any atom is 0.307 e. The van der Waals surface area contributed by atoms with Crippen LogP contribution in [0.3, 0.4) is 0 Å². The van der Waals surface area contributed by atoms with E-state index in [2.05, 4.69) is 10.0 Å². The van der Waals surface area contributed by atoms with Gasteiger partial charge in [-0.15, -0.1) is 0 Å². The quantitative estimate of drug-likeness (QED) is 0.559. The van der Waals surface area contributed by atoms with E-state index in [9.17, 15) is 18.0 Å². The van der Waals surface area contributed by atoms with Crippen molar-refractivity contribution in [2.75, 3.05) is 18.8 Å². The molecule has 8 heteroatoms. The number of carboxylic acid groups (broad SMARTS) is 1. The molecule has 0 aliphatic heterocycles. The number of aliphatic carboxylic acids is 1. The van der Waals surface area contributed by atoms with Gasteiger partial charge in [0.2, 0.25) is 15.9 Å². The van der Waals surface area contributed by atoms with E-state index in [0.29, 0.717) is 19.4 Å². The lowest BCUT2D eigenvalue weighted by Gasteiger charge is -2.24. The fourth-order valence-corrected chi connectivity index (χ4v) is 3.06. The highest BCUT2D eigenvalue weighted by atomic mass is 32.2. The zero-order valence-electron chi connectivity index (χ0n) is 11.3. The molecule has 0 saturated heterocycles. The van der Waals surface area contributed by atoms with Gasteiger partial charge in [-0.1, -0.05) is 19.1 Å². The third-order valence-corrected chi connectivity index (χ3v) is 4.59. The van der Waals surface area contributed by atoms with Crippen LogP contribution in [0.25, 0.3) is 0 Å². The maximum atomic E-state index is 11.9. The Kier molecular flexibility index (Phi) is 6.15. The number of allylic oxidation sites excluding steroid dienone is 2. The van der Waals surface area contributed by atoms with Crippen LogP contribution in [0, 0.1) is 11.8 Å². The molecule has 0 bridgehead atoms. The molecule has 114 valence electrons. The van der Waals surface area contributed by atoms with E-state index >= 15 is 0 Å². The zero-order valence-corrected chi connectivity index (χ0v) is 12.1. The Bertz CT molecular complexity index is 486. The lowest BCUT2D eigenvalue weighted by molar-refractivity contribution is -0.147. The van der Waals surface area contributed by atoms with Crippen LogP contribution in [0.5, 0.6) is 0 Å². The van der Waals surface area contributed by atoms with E-state index in [0.717, 1.165) is 0 Å². The van der Waals surface area contributed by atoms with Gasteiger partial charge in [0.15, 0.2) is 0 Å². The number of sulfonamides is 1. The van der Waals surface area contributed by atoms with Crippen molar-refractivity contribution in [1.82, 2.24) is 10.0 Å². The molecule has 0 fully saturated rings. The van der Waals surface area contributed by atoms with Crippen molar-refractivity contribution in [2.24, 2.45) is 11.8 Å². The Balaban J connectivity index is 2.50. The fourth-order valence-electron chi connectivity index (χ4n) is 2.11. The Morgan fingerprint density at radius 3 is 2.40 bits per heavy atom. The highest BCUT2D eigenvalue weighted by molar-refractivity contribution is 7.89. The van der Waals surface area contributed by atoms with Crippen LogP contribution in [-0.4, -0.2) is 44.2 Å². The summed E-state index contributed by atoms with van der Waals surface area (Å²) in [5.74, 6) is -3.01. The predicted molar refractivity (Wildman–Crippen MR) is 73.5 cm³/mol. The minimum Gasteiger partial charge on any atom is -0.481 e. The number of hydrogen-bond acceptors (Lipinski definition) is 4. The highest BCUT2D eigenvalue weighted by Gasteiger charge is 2.33. The second-order valence-electron chi connectivity index (χ2n) is 4.60. The van der Waals surface area contributed by atoms with Gasteiger partial charge in [0, 0.05) is 13.1 Å². The normalized spacial score (nSPS) is 22.4. The van der Waals surface area contributed by atoms with Gasteiger partial charge < -0.3 is 10.4 Å². The first-order chi connectivity index (χ1) is 9.37. The van der Waals surface area contributed by atoms with Crippen LogP contribution in [0.15, 0.2) is 12.2 Å². The number of nitrogens with one attached hydrogen (secondary N) is 2. The first-order valence-electron chi connectivity index (χ1n) is 6.50. The van der Waals surface area contributed by atoms with Gasteiger partial charge in [0.25, 0.3) is 0 Å². The molecule has 0 unspecified atom stereocenters. The van der Waals surface area contributed by atoms with Gasteiger partial charge in [-0.05, 0) is 12.8 Å². The van der Waals surface area contributed by atoms with E-state index in [4.69, 9.17) is 5.11 Å². The summed E-state index contributed by atoms with van der Waals surface area (Å²) >= 11 is 0. The third kappa shape index (κ3) is 4.93. The van der Waals surface area contributed by atoms with Crippen molar-refractivity contribution in [2.45, 2.75) is 19.8 Å². The van der Waals surface area contributed by atoms with E-state index < -0.39 is 33.7 Å². The van der Waals surface area contributed by atoms with Crippen molar-refractivity contribution in [3.63, 3.8) is 0 Å². The second-order valence-corrected chi connectivity index (χ2v) is 6.53. The topological polar surface area (TPSA) is 113 Å². The van der Waals surface area contributed by atoms with Crippen LogP contribution in [0.1, 0.15) is 19.8 Å². The number of carbonyl (C=O) groups is 2. The summed E-state index contributed by atoms with van der Waals surface area (Å²) in [7, 11) is -3.38. The number of rotatable bonds is 7. The summed E-state index contributed by atoms with van der Waals surface area (Å²) in [4.78, 5) is 23.0. The summed E-state index contributed by atoms with van der Waals surface area (Å²) in [6.45, 7) is 1.94. The van der Waals surface area contributed by atoms with Gasteiger partial charge in [-0.25, -0.2) is 13.1 Å². The lowest BCUT2D eigenvalue weighted by atomic mass is 9.82. The molecule has 20 heavy (non-hydrogen) atoms. The first-order valence-corrected chi connectivity index (χ1v) is 8.15. The van der Waals surface area contributed by atoms with E-state index in [1.54, 1.807) is 19.1 Å². The van der Waals surface area contributed by atoms with Crippen LogP contribution in [0.4, 0.5) is 0 Å². The van der Waals surface area contributed by atoms with Crippen molar-refractivity contribution in [3.8, 4) is 0 Å². The smallest absolute Gasteiger partial charge is 0.307 e. The SMILES string of the molecule is CCNS(=O)(=O)CCNC(=O)[C@@H]1CC=CC[C@@H]1C(=O)O. The third-order valence-electron chi connectivity index (χ3n) is 3.12. The summed E-state index contributed by atoms with van der Waals surface area (Å²) in [5.41, 5.74) is 0. The summed E-state index contributed by atoms with van der Waals surface area (Å²) in [5, 5.41) is 11.6.